The van der Waals surface area contributed by atoms with Crippen LogP contribution >= 0.6 is 0 Å². The van der Waals surface area contributed by atoms with Gasteiger partial charge in [0.2, 0.25) is 0 Å². The van der Waals surface area contributed by atoms with Crippen molar-refractivity contribution in [2.45, 2.75) is 32.9 Å². The average molecular weight is 259 g/mol. The molecule has 1 aromatic carbocycles. The van der Waals surface area contributed by atoms with Gasteiger partial charge in [-0.1, -0.05) is 25.1 Å². The number of hydrogen-bond acceptors (Lipinski definition) is 3. The fourth-order valence-electron chi connectivity index (χ4n) is 2.25. The van der Waals surface area contributed by atoms with Crippen LogP contribution in [0.2, 0.25) is 0 Å². The minimum atomic E-state index is -0.413. The number of anilines is 1. The fourth-order valence-corrected chi connectivity index (χ4v) is 2.25. The summed E-state index contributed by atoms with van der Waals surface area (Å²) in [7, 11) is 2.04. The third-order valence-corrected chi connectivity index (χ3v) is 3.47. The first kappa shape index (κ1) is 13.7. The number of aliphatic hydroxyl groups excluding tert-OH is 1. The van der Waals surface area contributed by atoms with Gasteiger partial charge in [-0.15, -0.1) is 0 Å². The molecular weight excluding hydrogens is 238 g/mol. The third-order valence-electron chi connectivity index (χ3n) is 3.47. The van der Waals surface area contributed by atoms with Crippen molar-refractivity contribution < 1.29 is 9.52 Å². The molecule has 19 heavy (non-hydrogen) atoms. The molecule has 1 aromatic heterocycles. The van der Waals surface area contributed by atoms with Crippen LogP contribution in [0.15, 0.2) is 41.0 Å². The van der Waals surface area contributed by atoms with Gasteiger partial charge in [0, 0.05) is 30.4 Å². The lowest BCUT2D eigenvalue weighted by molar-refractivity contribution is 0.174. The minimum Gasteiger partial charge on any atom is -0.469 e. The molecule has 1 unspecified atom stereocenters. The van der Waals surface area contributed by atoms with Gasteiger partial charge in [0.25, 0.3) is 0 Å². The molecule has 1 heterocycles. The molecule has 0 saturated heterocycles. The van der Waals surface area contributed by atoms with E-state index in [0.717, 1.165) is 30.0 Å². The normalized spacial score (nSPS) is 12.4. The molecule has 0 aliphatic carbocycles. The molecule has 2 rings (SSSR count). The standard InChI is InChI=1S/C16H21NO2/c1-4-16(18)14-7-5-6-8-15(14)17(3)11-13-9-10-19-12(13)2/h5-10,16,18H,4,11H2,1-3H3. The lowest BCUT2D eigenvalue weighted by atomic mass is 10.0. The van der Waals surface area contributed by atoms with E-state index in [2.05, 4.69) is 4.90 Å². The first-order chi connectivity index (χ1) is 9.13. The minimum absolute atomic E-state index is 0.413. The summed E-state index contributed by atoms with van der Waals surface area (Å²) >= 11 is 0. The fraction of sp³-hybridized carbons (Fsp3) is 0.375. The highest BCUT2D eigenvalue weighted by molar-refractivity contribution is 5.54. The molecule has 0 amide bonds. The van der Waals surface area contributed by atoms with E-state index in [9.17, 15) is 5.11 Å². The molecule has 3 heteroatoms. The van der Waals surface area contributed by atoms with Crippen molar-refractivity contribution in [2.24, 2.45) is 0 Å². The van der Waals surface area contributed by atoms with Gasteiger partial charge in [-0.3, -0.25) is 0 Å². The Kier molecular flexibility index (Phi) is 4.27. The van der Waals surface area contributed by atoms with Crippen molar-refractivity contribution in [1.29, 1.82) is 0 Å². The third kappa shape index (κ3) is 2.99. The first-order valence-electron chi connectivity index (χ1n) is 6.64. The Morgan fingerprint density at radius 3 is 2.63 bits per heavy atom. The van der Waals surface area contributed by atoms with E-state index in [1.165, 1.54) is 5.56 Å². The van der Waals surface area contributed by atoms with E-state index < -0.39 is 6.10 Å². The summed E-state index contributed by atoms with van der Waals surface area (Å²) in [4.78, 5) is 2.14. The predicted octanol–water partition coefficient (Wildman–Crippen LogP) is 3.67. The molecule has 102 valence electrons. The maximum absolute atomic E-state index is 10.1. The van der Waals surface area contributed by atoms with Crippen molar-refractivity contribution in [3.8, 4) is 0 Å². The number of hydrogen-bond donors (Lipinski definition) is 1. The summed E-state index contributed by atoms with van der Waals surface area (Å²) in [5, 5.41) is 10.1. The monoisotopic (exact) mass is 259 g/mol. The van der Waals surface area contributed by atoms with Gasteiger partial charge in [0.05, 0.1) is 12.4 Å². The molecule has 0 saturated carbocycles. The van der Waals surface area contributed by atoms with E-state index >= 15 is 0 Å². The summed E-state index contributed by atoms with van der Waals surface area (Å²) in [6, 6.07) is 9.99. The van der Waals surface area contributed by atoms with E-state index in [0.29, 0.717) is 0 Å². The summed E-state index contributed by atoms with van der Waals surface area (Å²) in [5.74, 6) is 0.945. The van der Waals surface area contributed by atoms with Gasteiger partial charge < -0.3 is 14.4 Å². The van der Waals surface area contributed by atoms with Gasteiger partial charge >= 0.3 is 0 Å². The smallest absolute Gasteiger partial charge is 0.105 e. The molecule has 1 N–H and O–H groups in total. The quantitative estimate of drug-likeness (QED) is 0.890. The zero-order chi connectivity index (χ0) is 13.8. The molecule has 0 fully saturated rings. The second-order valence-electron chi connectivity index (χ2n) is 4.84. The molecule has 0 spiro atoms. The van der Waals surface area contributed by atoms with Crippen LogP contribution in [0.1, 0.15) is 36.3 Å². The molecule has 2 aromatic rings. The zero-order valence-corrected chi connectivity index (χ0v) is 11.8. The van der Waals surface area contributed by atoms with Crippen LogP contribution < -0.4 is 4.90 Å². The zero-order valence-electron chi connectivity index (χ0n) is 11.8. The number of rotatable bonds is 5. The number of nitrogens with zero attached hydrogens (tertiary/aromatic N) is 1. The highest BCUT2D eigenvalue weighted by atomic mass is 16.3. The molecule has 0 aliphatic rings. The Morgan fingerprint density at radius 1 is 1.26 bits per heavy atom. The molecule has 1 atom stereocenters. The predicted molar refractivity (Wildman–Crippen MR) is 77.2 cm³/mol. The summed E-state index contributed by atoms with van der Waals surface area (Å²) < 4.78 is 5.32. The van der Waals surface area contributed by atoms with Crippen molar-refractivity contribution in [3.63, 3.8) is 0 Å². The van der Waals surface area contributed by atoms with E-state index in [4.69, 9.17) is 4.42 Å². The van der Waals surface area contributed by atoms with Crippen molar-refractivity contribution in [2.75, 3.05) is 11.9 Å². The highest BCUT2D eigenvalue weighted by Gasteiger charge is 2.14. The summed E-state index contributed by atoms with van der Waals surface area (Å²) in [6.07, 6.45) is 2.02. The lowest BCUT2D eigenvalue weighted by Gasteiger charge is -2.24. The Balaban J connectivity index is 2.24. The summed E-state index contributed by atoms with van der Waals surface area (Å²) in [6.45, 7) is 4.73. The van der Waals surface area contributed by atoms with Crippen LogP contribution in [0.25, 0.3) is 0 Å². The topological polar surface area (TPSA) is 36.6 Å². The van der Waals surface area contributed by atoms with E-state index in [1.807, 2.05) is 51.2 Å². The van der Waals surface area contributed by atoms with E-state index in [1.54, 1.807) is 6.26 Å². The molecule has 0 radical (unpaired) electrons. The molecular formula is C16H21NO2. The number of furan rings is 1. The SMILES string of the molecule is CCC(O)c1ccccc1N(C)Cc1ccoc1C. The van der Waals surface area contributed by atoms with Crippen LogP contribution in [0.5, 0.6) is 0 Å². The van der Waals surface area contributed by atoms with Gasteiger partial charge in [-0.2, -0.15) is 0 Å². The molecule has 3 nitrogen and oxygen atoms in total. The Bertz CT molecular complexity index is 533. The number of aliphatic hydroxyl groups is 1. The Hall–Kier alpha value is -1.74. The number of aryl methyl sites for hydroxylation is 1. The summed E-state index contributed by atoms with van der Waals surface area (Å²) in [5.41, 5.74) is 3.22. The second kappa shape index (κ2) is 5.93. The molecule has 0 bridgehead atoms. The second-order valence-corrected chi connectivity index (χ2v) is 4.84. The van der Waals surface area contributed by atoms with Gasteiger partial charge in [-0.05, 0) is 25.5 Å². The van der Waals surface area contributed by atoms with Gasteiger partial charge in [0.1, 0.15) is 5.76 Å². The Morgan fingerprint density at radius 2 is 2.00 bits per heavy atom. The maximum Gasteiger partial charge on any atom is 0.105 e. The van der Waals surface area contributed by atoms with Crippen LogP contribution in [-0.2, 0) is 6.54 Å². The van der Waals surface area contributed by atoms with Crippen LogP contribution in [0.4, 0.5) is 5.69 Å². The lowest BCUT2D eigenvalue weighted by Crippen LogP contribution is -2.19. The van der Waals surface area contributed by atoms with Crippen LogP contribution in [-0.4, -0.2) is 12.2 Å². The van der Waals surface area contributed by atoms with Crippen molar-refractivity contribution in [3.05, 3.63) is 53.5 Å². The number of benzene rings is 1. The largest absolute Gasteiger partial charge is 0.469 e. The number of para-hydroxylation sites is 1. The van der Waals surface area contributed by atoms with Crippen LogP contribution in [0, 0.1) is 6.92 Å². The molecule has 0 aliphatic heterocycles. The van der Waals surface area contributed by atoms with Crippen molar-refractivity contribution >= 4 is 5.69 Å². The maximum atomic E-state index is 10.1. The highest BCUT2D eigenvalue weighted by Crippen LogP contribution is 2.28. The first-order valence-corrected chi connectivity index (χ1v) is 6.64. The van der Waals surface area contributed by atoms with Crippen LogP contribution in [0.3, 0.4) is 0 Å². The van der Waals surface area contributed by atoms with E-state index in [-0.39, 0.29) is 0 Å². The van der Waals surface area contributed by atoms with Gasteiger partial charge in [-0.25, -0.2) is 0 Å². The Labute approximate surface area is 114 Å². The average Bonchev–Trinajstić information content (AvgIpc) is 2.83. The van der Waals surface area contributed by atoms with Gasteiger partial charge in [0.15, 0.2) is 0 Å². The van der Waals surface area contributed by atoms with Crippen molar-refractivity contribution in [1.82, 2.24) is 0 Å².